The Hall–Kier alpha value is -3.22. The van der Waals surface area contributed by atoms with Crippen molar-refractivity contribution in [2.24, 2.45) is 5.92 Å². The van der Waals surface area contributed by atoms with Gasteiger partial charge in [0.2, 0.25) is 5.82 Å². The number of benzene rings is 2. The van der Waals surface area contributed by atoms with Crippen LogP contribution in [0.4, 0.5) is 0 Å². The second-order valence-electron chi connectivity index (χ2n) is 6.28. The van der Waals surface area contributed by atoms with Crippen molar-refractivity contribution in [3.8, 4) is 17.1 Å². The third-order valence-electron chi connectivity index (χ3n) is 4.18. The van der Waals surface area contributed by atoms with Crippen molar-refractivity contribution in [2.45, 2.75) is 19.9 Å². The topological polar surface area (TPSA) is 92.8 Å². The number of aromatic nitrogens is 4. The number of hydrogen-bond donors (Lipinski definition) is 2. The summed E-state index contributed by atoms with van der Waals surface area (Å²) in [6, 6.07) is 14.8. The zero-order valence-corrected chi connectivity index (χ0v) is 14.9. The maximum Gasteiger partial charge on any atom is 0.251 e. The molecular formula is C19H21N5O2. The van der Waals surface area contributed by atoms with E-state index in [0.717, 1.165) is 16.9 Å². The van der Waals surface area contributed by atoms with E-state index >= 15 is 0 Å². The van der Waals surface area contributed by atoms with Crippen LogP contribution in [0.5, 0.6) is 5.75 Å². The molecule has 2 aromatic carbocycles. The van der Waals surface area contributed by atoms with E-state index in [9.17, 15) is 4.79 Å². The quantitative estimate of drug-likeness (QED) is 0.712. The van der Waals surface area contributed by atoms with Crippen molar-refractivity contribution >= 4 is 5.91 Å². The van der Waals surface area contributed by atoms with E-state index in [0.29, 0.717) is 11.4 Å². The van der Waals surface area contributed by atoms with Gasteiger partial charge in [-0.05, 0) is 41.0 Å². The number of ether oxygens (including phenoxy) is 1. The highest BCUT2D eigenvalue weighted by molar-refractivity contribution is 5.94. The number of H-pyrrole nitrogens is 1. The second-order valence-corrected chi connectivity index (χ2v) is 6.28. The average molecular weight is 351 g/mol. The molecule has 0 aliphatic carbocycles. The van der Waals surface area contributed by atoms with E-state index in [4.69, 9.17) is 4.74 Å². The minimum atomic E-state index is -0.126. The minimum Gasteiger partial charge on any atom is -0.497 e. The molecule has 7 nitrogen and oxygen atoms in total. The van der Waals surface area contributed by atoms with Gasteiger partial charge in [0.15, 0.2) is 0 Å². The molecule has 0 bridgehead atoms. The Morgan fingerprint density at radius 2 is 1.77 bits per heavy atom. The molecule has 0 spiro atoms. The van der Waals surface area contributed by atoms with Crippen LogP contribution >= 0.6 is 0 Å². The normalized spacial score (nSPS) is 12.0. The van der Waals surface area contributed by atoms with E-state index in [1.807, 2.05) is 24.3 Å². The van der Waals surface area contributed by atoms with E-state index in [1.54, 1.807) is 31.4 Å². The molecule has 2 N–H and O–H groups in total. The number of nitrogens with zero attached hydrogens (tertiary/aromatic N) is 3. The van der Waals surface area contributed by atoms with Gasteiger partial charge in [-0.15, -0.1) is 10.2 Å². The summed E-state index contributed by atoms with van der Waals surface area (Å²) in [5.74, 6) is 1.40. The summed E-state index contributed by atoms with van der Waals surface area (Å²) < 4.78 is 5.20. The lowest BCUT2D eigenvalue weighted by molar-refractivity contribution is 0.0925. The summed E-state index contributed by atoms with van der Waals surface area (Å²) in [5.41, 5.74) is 2.42. The Labute approximate surface area is 151 Å². The largest absolute Gasteiger partial charge is 0.497 e. The van der Waals surface area contributed by atoms with Gasteiger partial charge in [-0.25, -0.2) is 0 Å². The number of carbonyl (C=O) groups excluding carboxylic acids is 1. The van der Waals surface area contributed by atoms with E-state index in [2.05, 4.69) is 39.8 Å². The molecule has 3 rings (SSSR count). The molecule has 1 atom stereocenters. The Balaban J connectivity index is 1.75. The number of rotatable bonds is 6. The summed E-state index contributed by atoms with van der Waals surface area (Å²) in [7, 11) is 1.63. The van der Waals surface area contributed by atoms with Gasteiger partial charge in [-0.3, -0.25) is 4.79 Å². The molecule has 1 amide bonds. The summed E-state index contributed by atoms with van der Waals surface area (Å²) in [5, 5.41) is 16.9. The molecule has 0 saturated carbocycles. The fourth-order valence-electron chi connectivity index (χ4n) is 2.73. The van der Waals surface area contributed by atoms with Crippen molar-refractivity contribution in [1.82, 2.24) is 25.9 Å². The minimum absolute atomic E-state index is 0.0923. The predicted molar refractivity (Wildman–Crippen MR) is 97.7 cm³/mol. The lowest BCUT2D eigenvalue weighted by atomic mass is 9.95. The van der Waals surface area contributed by atoms with Crippen LogP contribution in [0, 0.1) is 5.92 Å². The lowest BCUT2D eigenvalue weighted by Crippen LogP contribution is -2.31. The first-order valence-electron chi connectivity index (χ1n) is 8.37. The molecule has 134 valence electrons. The average Bonchev–Trinajstić information content (AvgIpc) is 3.21. The van der Waals surface area contributed by atoms with Gasteiger partial charge in [-0.1, -0.05) is 38.1 Å². The molecule has 0 aliphatic rings. The molecule has 26 heavy (non-hydrogen) atoms. The first kappa shape index (κ1) is 17.6. The van der Waals surface area contributed by atoms with Crippen LogP contribution in [0.3, 0.4) is 0 Å². The van der Waals surface area contributed by atoms with Gasteiger partial charge in [0.05, 0.1) is 13.2 Å². The number of tetrazole rings is 1. The van der Waals surface area contributed by atoms with Gasteiger partial charge in [0, 0.05) is 11.1 Å². The monoisotopic (exact) mass is 351 g/mol. The highest BCUT2D eigenvalue weighted by Crippen LogP contribution is 2.24. The predicted octanol–water partition coefficient (Wildman–Crippen LogP) is 3.00. The molecule has 1 heterocycles. The summed E-state index contributed by atoms with van der Waals surface area (Å²) in [4.78, 5) is 12.7. The zero-order chi connectivity index (χ0) is 18.5. The van der Waals surface area contributed by atoms with Crippen molar-refractivity contribution in [3.05, 3.63) is 59.7 Å². The zero-order valence-electron chi connectivity index (χ0n) is 14.9. The Bertz CT molecular complexity index is 843. The van der Waals surface area contributed by atoms with Crippen LogP contribution in [-0.2, 0) is 0 Å². The van der Waals surface area contributed by atoms with Gasteiger partial charge in [0.1, 0.15) is 5.75 Å². The molecule has 3 aromatic rings. The number of hydrogen-bond acceptors (Lipinski definition) is 5. The fraction of sp³-hybridized carbons (Fsp3) is 0.263. The van der Waals surface area contributed by atoms with E-state index < -0.39 is 0 Å². The van der Waals surface area contributed by atoms with Gasteiger partial charge in [-0.2, -0.15) is 5.21 Å². The van der Waals surface area contributed by atoms with Gasteiger partial charge < -0.3 is 10.1 Å². The van der Waals surface area contributed by atoms with Gasteiger partial charge in [0.25, 0.3) is 5.91 Å². The summed E-state index contributed by atoms with van der Waals surface area (Å²) in [6.45, 7) is 4.16. The standard InChI is InChI=1S/C19H21N5O2/c1-12(2)17(13-8-10-16(26-3)11-9-13)20-19(25)15-6-4-14(5-7-15)18-21-23-24-22-18/h4-12,17H,1-3H3,(H,20,25)(H,21,22,23,24)/t17-/m1/s1. The van der Waals surface area contributed by atoms with E-state index in [-0.39, 0.29) is 17.9 Å². The first-order chi connectivity index (χ1) is 12.6. The third-order valence-corrected chi connectivity index (χ3v) is 4.18. The Morgan fingerprint density at radius 1 is 1.08 bits per heavy atom. The smallest absolute Gasteiger partial charge is 0.251 e. The number of aromatic amines is 1. The van der Waals surface area contributed by atoms with Crippen molar-refractivity contribution in [1.29, 1.82) is 0 Å². The van der Waals surface area contributed by atoms with Crippen LogP contribution in [0.2, 0.25) is 0 Å². The molecule has 0 radical (unpaired) electrons. The van der Waals surface area contributed by atoms with Crippen molar-refractivity contribution in [3.63, 3.8) is 0 Å². The number of carbonyl (C=O) groups is 1. The van der Waals surface area contributed by atoms with Crippen molar-refractivity contribution in [2.75, 3.05) is 7.11 Å². The van der Waals surface area contributed by atoms with Crippen LogP contribution in [0.1, 0.15) is 35.8 Å². The molecule has 0 aliphatic heterocycles. The maximum atomic E-state index is 12.7. The third kappa shape index (κ3) is 3.88. The molecular weight excluding hydrogens is 330 g/mol. The van der Waals surface area contributed by atoms with Crippen LogP contribution < -0.4 is 10.1 Å². The van der Waals surface area contributed by atoms with Crippen LogP contribution in [0.25, 0.3) is 11.4 Å². The highest BCUT2D eigenvalue weighted by atomic mass is 16.5. The SMILES string of the molecule is COc1ccc([C@H](NC(=O)c2ccc(-c3nn[nH]n3)cc2)C(C)C)cc1. The van der Waals surface area contributed by atoms with Crippen LogP contribution in [0.15, 0.2) is 48.5 Å². The summed E-state index contributed by atoms with van der Waals surface area (Å²) >= 11 is 0. The fourth-order valence-corrected chi connectivity index (χ4v) is 2.73. The first-order valence-corrected chi connectivity index (χ1v) is 8.37. The summed E-state index contributed by atoms with van der Waals surface area (Å²) in [6.07, 6.45) is 0. The number of amides is 1. The molecule has 0 saturated heterocycles. The maximum absolute atomic E-state index is 12.7. The lowest BCUT2D eigenvalue weighted by Gasteiger charge is -2.23. The molecule has 0 unspecified atom stereocenters. The Kier molecular flexibility index (Phi) is 5.26. The highest BCUT2D eigenvalue weighted by Gasteiger charge is 2.19. The molecule has 0 fully saturated rings. The van der Waals surface area contributed by atoms with Gasteiger partial charge >= 0.3 is 0 Å². The van der Waals surface area contributed by atoms with Crippen LogP contribution in [-0.4, -0.2) is 33.6 Å². The Morgan fingerprint density at radius 3 is 2.31 bits per heavy atom. The molecule has 1 aromatic heterocycles. The molecule has 7 heteroatoms. The number of nitrogens with one attached hydrogen (secondary N) is 2. The second kappa shape index (κ2) is 7.77. The number of methoxy groups -OCH3 is 1. The van der Waals surface area contributed by atoms with E-state index in [1.165, 1.54) is 0 Å². The van der Waals surface area contributed by atoms with Crippen molar-refractivity contribution < 1.29 is 9.53 Å².